The average Bonchev–Trinajstić information content (AvgIpc) is 2.80. The van der Waals surface area contributed by atoms with Crippen LogP contribution in [0.2, 0.25) is 10.0 Å². The summed E-state index contributed by atoms with van der Waals surface area (Å²) in [6.07, 6.45) is 0. The van der Waals surface area contributed by atoms with E-state index >= 15 is 0 Å². The number of hydrogen-bond donors (Lipinski definition) is 1. The van der Waals surface area contributed by atoms with E-state index in [1.165, 1.54) is 4.90 Å². The molecular formula is C26H28Cl2N2O3. The topological polar surface area (TPSA) is 58.6 Å². The molecule has 174 valence electrons. The van der Waals surface area contributed by atoms with E-state index in [4.69, 9.17) is 27.9 Å². The van der Waals surface area contributed by atoms with E-state index in [2.05, 4.69) is 5.32 Å². The first kappa shape index (κ1) is 24.9. The Balaban J connectivity index is 1.82. The normalized spacial score (nSPS) is 11.9. The van der Waals surface area contributed by atoms with Gasteiger partial charge in [0.2, 0.25) is 5.91 Å². The summed E-state index contributed by atoms with van der Waals surface area (Å²) in [6.45, 7) is 6.09. The van der Waals surface area contributed by atoms with Crippen molar-refractivity contribution in [1.29, 1.82) is 0 Å². The van der Waals surface area contributed by atoms with Crippen molar-refractivity contribution < 1.29 is 14.3 Å². The summed E-state index contributed by atoms with van der Waals surface area (Å²) in [6, 6.07) is 17.9. The maximum absolute atomic E-state index is 13.3. The third-order valence-corrected chi connectivity index (χ3v) is 6.05. The van der Waals surface area contributed by atoms with Crippen molar-refractivity contribution in [3.8, 4) is 5.75 Å². The number of nitrogens with one attached hydrogen (secondary N) is 1. The highest BCUT2D eigenvalue weighted by atomic mass is 35.5. The first-order chi connectivity index (χ1) is 15.8. The quantitative estimate of drug-likeness (QED) is 0.420. The van der Waals surface area contributed by atoms with Gasteiger partial charge >= 0.3 is 0 Å². The van der Waals surface area contributed by atoms with Gasteiger partial charge in [0.1, 0.15) is 11.8 Å². The second-order valence-corrected chi connectivity index (χ2v) is 9.12. The van der Waals surface area contributed by atoms with E-state index in [0.717, 1.165) is 10.8 Å². The summed E-state index contributed by atoms with van der Waals surface area (Å²) in [5, 5.41) is 5.69. The number of fused-ring (bicyclic) bond motifs is 1. The average molecular weight is 487 g/mol. The van der Waals surface area contributed by atoms with Gasteiger partial charge < -0.3 is 15.0 Å². The fraction of sp³-hybridized carbons (Fsp3) is 0.308. The molecule has 33 heavy (non-hydrogen) atoms. The molecule has 2 amide bonds. The molecule has 0 spiro atoms. The Hall–Kier alpha value is -2.76. The maximum atomic E-state index is 13.3. The highest BCUT2D eigenvalue weighted by Crippen LogP contribution is 2.28. The molecule has 0 radical (unpaired) electrons. The highest BCUT2D eigenvalue weighted by Gasteiger charge is 2.28. The zero-order valence-electron chi connectivity index (χ0n) is 19.0. The Kier molecular flexibility index (Phi) is 8.59. The second-order valence-electron chi connectivity index (χ2n) is 8.30. The zero-order valence-corrected chi connectivity index (χ0v) is 20.5. The monoisotopic (exact) mass is 486 g/mol. The minimum absolute atomic E-state index is 0.0898. The number of benzene rings is 3. The third-order valence-electron chi connectivity index (χ3n) is 5.34. The van der Waals surface area contributed by atoms with E-state index in [0.29, 0.717) is 27.9 Å². The van der Waals surface area contributed by atoms with Crippen LogP contribution in [-0.4, -0.2) is 35.9 Å². The number of carbonyl (C=O) groups is 2. The Bertz CT molecular complexity index is 1110. The Labute approximate surface area is 204 Å². The smallest absolute Gasteiger partial charge is 0.261 e. The van der Waals surface area contributed by atoms with Crippen molar-refractivity contribution in [1.82, 2.24) is 10.2 Å². The van der Waals surface area contributed by atoms with Gasteiger partial charge in [0.05, 0.1) is 0 Å². The van der Waals surface area contributed by atoms with E-state index < -0.39 is 6.04 Å². The van der Waals surface area contributed by atoms with Crippen LogP contribution >= 0.6 is 23.2 Å². The minimum atomic E-state index is -0.736. The molecule has 0 aliphatic heterocycles. The molecule has 5 nitrogen and oxygen atoms in total. The van der Waals surface area contributed by atoms with Gasteiger partial charge in [0.25, 0.3) is 5.91 Å². The van der Waals surface area contributed by atoms with Crippen LogP contribution in [0.3, 0.4) is 0 Å². The van der Waals surface area contributed by atoms with Crippen LogP contribution in [0.5, 0.6) is 5.75 Å². The fourth-order valence-electron chi connectivity index (χ4n) is 3.43. The molecule has 0 heterocycles. The van der Waals surface area contributed by atoms with Crippen LogP contribution in [-0.2, 0) is 16.1 Å². The Morgan fingerprint density at radius 2 is 1.58 bits per heavy atom. The minimum Gasteiger partial charge on any atom is -0.483 e. The van der Waals surface area contributed by atoms with Crippen molar-refractivity contribution in [2.45, 2.75) is 33.4 Å². The molecule has 0 aliphatic carbocycles. The summed E-state index contributed by atoms with van der Waals surface area (Å²) < 4.78 is 5.90. The van der Waals surface area contributed by atoms with Crippen LogP contribution in [0.4, 0.5) is 0 Å². The summed E-state index contributed by atoms with van der Waals surface area (Å²) in [5.41, 5.74) is 0.586. The molecule has 1 atom stereocenters. The molecule has 7 heteroatoms. The van der Waals surface area contributed by atoms with Crippen molar-refractivity contribution in [2.24, 2.45) is 5.92 Å². The van der Waals surface area contributed by atoms with Crippen LogP contribution < -0.4 is 10.1 Å². The molecule has 3 aromatic rings. The molecule has 3 rings (SSSR count). The number of halogens is 2. The SMILES string of the molecule is CC(C)CNC(=O)[C@H](C)N(Cc1c(Cl)cccc1Cl)C(=O)COc1cccc2ccccc12. The number of nitrogens with zero attached hydrogens (tertiary/aromatic N) is 1. The van der Waals surface area contributed by atoms with Gasteiger partial charge in [-0.05, 0) is 36.4 Å². The van der Waals surface area contributed by atoms with Crippen molar-refractivity contribution in [3.05, 3.63) is 76.3 Å². The predicted octanol–water partition coefficient (Wildman–Crippen LogP) is 5.71. The van der Waals surface area contributed by atoms with Crippen molar-refractivity contribution in [2.75, 3.05) is 13.2 Å². The van der Waals surface area contributed by atoms with Crippen LogP contribution in [0, 0.1) is 5.92 Å². The Morgan fingerprint density at radius 1 is 0.939 bits per heavy atom. The van der Waals surface area contributed by atoms with Gasteiger partial charge in [0.15, 0.2) is 6.61 Å². The lowest BCUT2D eigenvalue weighted by molar-refractivity contribution is -0.142. The molecule has 0 aromatic heterocycles. The van der Waals surface area contributed by atoms with Crippen LogP contribution in [0.15, 0.2) is 60.7 Å². The molecular weight excluding hydrogens is 459 g/mol. The molecule has 0 fully saturated rings. The van der Waals surface area contributed by atoms with Gasteiger partial charge in [-0.2, -0.15) is 0 Å². The van der Waals surface area contributed by atoms with Gasteiger partial charge in [0, 0.05) is 34.1 Å². The molecule has 0 aliphatic rings. The van der Waals surface area contributed by atoms with Crippen molar-refractivity contribution >= 4 is 45.8 Å². The number of carbonyl (C=O) groups excluding carboxylic acids is 2. The number of amides is 2. The van der Waals surface area contributed by atoms with Gasteiger partial charge in [-0.1, -0.05) is 79.5 Å². The molecule has 3 aromatic carbocycles. The lowest BCUT2D eigenvalue weighted by Gasteiger charge is -2.29. The first-order valence-electron chi connectivity index (χ1n) is 10.9. The molecule has 0 saturated carbocycles. The van der Waals surface area contributed by atoms with Crippen molar-refractivity contribution in [3.63, 3.8) is 0 Å². The molecule has 0 bridgehead atoms. The predicted molar refractivity (Wildman–Crippen MR) is 134 cm³/mol. The Morgan fingerprint density at radius 3 is 2.27 bits per heavy atom. The summed E-state index contributed by atoms with van der Waals surface area (Å²) in [5.74, 6) is 0.309. The molecule has 0 saturated heterocycles. The molecule has 1 N–H and O–H groups in total. The molecule has 0 unspecified atom stereocenters. The van der Waals surface area contributed by atoms with E-state index in [9.17, 15) is 9.59 Å². The zero-order chi connectivity index (χ0) is 24.0. The maximum Gasteiger partial charge on any atom is 0.261 e. The summed E-state index contributed by atoms with van der Waals surface area (Å²) >= 11 is 12.7. The standard InChI is InChI=1S/C26H28Cl2N2O3/c1-17(2)14-29-26(32)18(3)30(15-21-22(27)11-7-12-23(21)28)25(31)16-33-24-13-6-9-19-8-4-5-10-20(19)24/h4-13,17-18H,14-16H2,1-3H3,(H,29,32)/t18-/m0/s1. The van der Waals surface area contributed by atoms with Crippen LogP contribution in [0.25, 0.3) is 10.8 Å². The van der Waals surface area contributed by atoms with Gasteiger partial charge in [-0.3, -0.25) is 9.59 Å². The largest absolute Gasteiger partial charge is 0.483 e. The number of rotatable bonds is 9. The summed E-state index contributed by atoms with van der Waals surface area (Å²) in [7, 11) is 0. The fourth-order valence-corrected chi connectivity index (χ4v) is 3.95. The second kappa shape index (κ2) is 11.4. The number of hydrogen-bond acceptors (Lipinski definition) is 3. The number of ether oxygens (including phenoxy) is 1. The first-order valence-corrected chi connectivity index (χ1v) is 11.6. The lowest BCUT2D eigenvalue weighted by atomic mass is 10.1. The highest BCUT2D eigenvalue weighted by molar-refractivity contribution is 6.36. The van der Waals surface area contributed by atoms with Gasteiger partial charge in [-0.25, -0.2) is 0 Å². The third kappa shape index (κ3) is 6.40. The lowest BCUT2D eigenvalue weighted by Crippen LogP contribution is -2.49. The van der Waals surface area contributed by atoms with Gasteiger partial charge in [-0.15, -0.1) is 0 Å². The van der Waals surface area contributed by atoms with E-state index in [1.54, 1.807) is 25.1 Å². The van der Waals surface area contributed by atoms with E-state index in [1.807, 2.05) is 56.3 Å². The van der Waals surface area contributed by atoms with Crippen LogP contribution in [0.1, 0.15) is 26.3 Å². The summed E-state index contributed by atoms with van der Waals surface area (Å²) in [4.78, 5) is 27.5. The van der Waals surface area contributed by atoms with E-state index in [-0.39, 0.29) is 30.9 Å².